The van der Waals surface area contributed by atoms with Gasteiger partial charge >= 0.3 is 0 Å². The smallest absolute Gasteiger partial charge is 0.265 e. The molecule has 0 radical (unpaired) electrons. The van der Waals surface area contributed by atoms with Crippen LogP contribution in [0, 0.1) is 0 Å². The summed E-state index contributed by atoms with van der Waals surface area (Å²) in [4.78, 5) is 0. The highest BCUT2D eigenvalue weighted by molar-refractivity contribution is 9.10. The Morgan fingerprint density at radius 2 is 1.90 bits per heavy atom. The molecule has 2 aromatic carbocycles. The molecule has 1 aliphatic rings. The maximum Gasteiger partial charge on any atom is 0.265 e. The maximum absolute atomic E-state index is 13.9. The van der Waals surface area contributed by atoms with Gasteiger partial charge in [-0.2, -0.15) is 0 Å². The predicted octanol–water partition coefficient (Wildman–Crippen LogP) is 5.70. The number of hydrogen-bond donors (Lipinski definition) is 1. The Morgan fingerprint density at radius 1 is 1.16 bits per heavy atom. The quantitative estimate of drug-likeness (QED) is 0.464. The Morgan fingerprint density at radius 3 is 2.61 bits per heavy atom. The summed E-state index contributed by atoms with van der Waals surface area (Å²) in [5.74, 6) is -0.152. The molecule has 2 heterocycles. The molecule has 3 aromatic rings. The second-order valence-electron chi connectivity index (χ2n) is 7.68. The summed E-state index contributed by atoms with van der Waals surface area (Å²) in [6.45, 7) is 1.65. The summed E-state index contributed by atoms with van der Waals surface area (Å²) in [5, 5.41) is 3.66. The monoisotopic (exact) mass is 508 g/mol. The van der Waals surface area contributed by atoms with Crippen LogP contribution in [-0.4, -0.2) is 31.2 Å². The first-order chi connectivity index (χ1) is 14.9. The minimum absolute atomic E-state index is 0.137. The van der Waals surface area contributed by atoms with Crippen molar-refractivity contribution >= 4 is 42.9 Å². The van der Waals surface area contributed by atoms with Gasteiger partial charge in [0.25, 0.3) is 6.43 Å². The van der Waals surface area contributed by atoms with Crippen molar-refractivity contribution < 1.29 is 17.2 Å². The van der Waals surface area contributed by atoms with Crippen LogP contribution in [0.1, 0.15) is 41.9 Å². The number of benzene rings is 2. The lowest BCUT2D eigenvalue weighted by Gasteiger charge is -2.24. The molecule has 4 rings (SSSR count). The van der Waals surface area contributed by atoms with Crippen LogP contribution in [0.3, 0.4) is 0 Å². The number of nitrogens with one attached hydrogen (secondary N) is 1. The standard InChI is InChI=1S/C23H23BrF2N2O2S/c24-18-6-1-4-16(14-18)5-3-13-31(29,30)28-15-20(23(25)26)22-19(7-2-8-21(22)28)17-9-11-27-12-10-17/h1-8,14-15,17,23,27H,9-13H2. The van der Waals surface area contributed by atoms with Crippen LogP contribution >= 0.6 is 15.9 Å². The molecule has 0 saturated carbocycles. The zero-order chi connectivity index (χ0) is 22.0. The van der Waals surface area contributed by atoms with Crippen LogP contribution in [0.5, 0.6) is 0 Å². The van der Waals surface area contributed by atoms with Gasteiger partial charge in [0.1, 0.15) is 0 Å². The lowest BCUT2D eigenvalue weighted by atomic mass is 9.87. The van der Waals surface area contributed by atoms with E-state index in [9.17, 15) is 17.2 Å². The number of fused-ring (bicyclic) bond motifs is 1. The van der Waals surface area contributed by atoms with Crippen molar-refractivity contribution in [2.75, 3.05) is 18.8 Å². The highest BCUT2D eigenvalue weighted by atomic mass is 79.9. The average Bonchev–Trinajstić information content (AvgIpc) is 3.15. The summed E-state index contributed by atoms with van der Waals surface area (Å²) >= 11 is 3.38. The van der Waals surface area contributed by atoms with Crippen LogP contribution < -0.4 is 5.32 Å². The van der Waals surface area contributed by atoms with Crippen LogP contribution in [0.2, 0.25) is 0 Å². The van der Waals surface area contributed by atoms with Gasteiger partial charge < -0.3 is 5.32 Å². The maximum atomic E-state index is 13.9. The molecule has 0 atom stereocenters. The van der Waals surface area contributed by atoms with Crippen LogP contribution in [0.25, 0.3) is 17.0 Å². The molecule has 1 fully saturated rings. The molecule has 0 unspecified atom stereocenters. The summed E-state index contributed by atoms with van der Waals surface area (Å²) in [6.07, 6.45) is 3.29. The van der Waals surface area contributed by atoms with E-state index in [1.54, 1.807) is 24.3 Å². The fourth-order valence-corrected chi connectivity index (χ4v) is 5.82. The van der Waals surface area contributed by atoms with Gasteiger partial charge in [-0.05, 0) is 61.2 Å². The SMILES string of the molecule is O=S(=O)(CC=Cc1cccc(Br)c1)n1cc(C(F)F)c2c(C3CCNCC3)cccc21. The van der Waals surface area contributed by atoms with Crippen molar-refractivity contribution in [1.29, 1.82) is 0 Å². The first-order valence-corrected chi connectivity index (χ1v) is 12.5. The highest BCUT2D eigenvalue weighted by Crippen LogP contribution is 2.38. The molecule has 0 bridgehead atoms. The first kappa shape index (κ1) is 22.2. The van der Waals surface area contributed by atoms with Crippen molar-refractivity contribution in [1.82, 2.24) is 9.29 Å². The average molecular weight is 509 g/mol. The number of alkyl halides is 2. The van der Waals surface area contributed by atoms with Gasteiger partial charge in [-0.25, -0.2) is 21.2 Å². The number of halogens is 3. The van der Waals surface area contributed by atoms with E-state index < -0.39 is 16.4 Å². The third-order valence-electron chi connectivity index (χ3n) is 5.64. The Labute approximate surface area is 189 Å². The molecule has 0 spiro atoms. The van der Waals surface area contributed by atoms with E-state index in [1.165, 1.54) is 0 Å². The fraction of sp³-hybridized carbons (Fsp3) is 0.304. The Bertz CT molecular complexity index is 1220. The molecular weight excluding hydrogens is 486 g/mol. The number of rotatable bonds is 6. The first-order valence-electron chi connectivity index (χ1n) is 10.1. The zero-order valence-corrected chi connectivity index (χ0v) is 19.2. The van der Waals surface area contributed by atoms with Crippen molar-refractivity contribution in [3.63, 3.8) is 0 Å². The molecule has 1 N–H and O–H groups in total. The van der Waals surface area contributed by atoms with Crippen molar-refractivity contribution in [3.8, 4) is 0 Å². The lowest BCUT2D eigenvalue weighted by molar-refractivity contribution is 0.153. The normalized spacial score (nSPS) is 16.0. The minimum Gasteiger partial charge on any atom is -0.317 e. The van der Waals surface area contributed by atoms with E-state index in [4.69, 9.17) is 0 Å². The Balaban J connectivity index is 1.73. The van der Waals surface area contributed by atoms with Gasteiger partial charge in [0.2, 0.25) is 10.0 Å². The molecule has 0 amide bonds. The number of nitrogens with zero attached hydrogens (tertiary/aromatic N) is 1. The predicted molar refractivity (Wildman–Crippen MR) is 124 cm³/mol. The molecule has 0 aliphatic carbocycles. The van der Waals surface area contributed by atoms with Crippen LogP contribution in [0.15, 0.2) is 59.2 Å². The molecule has 164 valence electrons. The van der Waals surface area contributed by atoms with E-state index in [1.807, 2.05) is 30.3 Å². The Kier molecular flexibility index (Phi) is 6.60. The van der Waals surface area contributed by atoms with E-state index in [2.05, 4.69) is 21.2 Å². The number of hydrogen-bond acceptors (Lipinski definition) is 3. The Hall–Kier alpha value is -2.03. The molecular formula is C23H23BrF2N2O2S. The summed E-state index contributed by atoms with van der Waals surface area (Å²) in [5.41, 5.74) is 1.77. The van der Waals surface area contributed by atoms with E-state index in [0.29, 0.717) is 10.9 Å². The number of piperidine rings is 1. The topological polar surface area (TPSA) is 51.1 Å². The van der Waals surface area contributed by atoms with Crippen molar-refractivity contribution in [2.24, 2.45) is 0 Å². The van der Waals surface area contributed by atoms with Gasteiger partial charge in [0.15, 0.2) is 0 Å². The van der Waals surface area contributed by atoms with Crippen LogP contribution in [0.4, 0.5) is 8.78 Å². The van der Waals surface area contributed by atoms with Gasteiger partial charge in [0, 0.05) is 21.6 Å². The van der Waals surface area contributed by atoms with Gasteiger partial charge in [0.05, 0.1) is 11.3 Å². The number of aromatic nitrogens is 1. The molecule has 31 heavy (non-hydrogen) atoms. The summed E-state index contributed by atoms with van der Waals surface area (Å²) in [6, 6.07) is 12.7. The van der Waals surface area contributed by atoms with Crippen molar-refractivity contribution in [2.45, 2.75) is 25.2 Å². The lowest BCUT2D eigenvalue weighted by Crippen LogP contribution is -2.26. The molecule has 1 saturated heterocycles. The van der Waals surface area contributed by atoms with Gasteiger partial charge in [-0.1, -0.05) is 52.3 Å². The van der Waals surface area contributed by atoms with Crippen LogP contribution in [-0.2, 0) is 10.0 Å². The van der Waals surface area contributed by atoms with E-state index in [-0.39, 0.29) is 17.2 Å². The third kappa shape index (κ3) is 4.76. The van der Waals surface area contributed by atoms with Gasteiger partial charge in [-0.3, -0.25) is 0 Å². The second kappa shape index (κ2) is 9.22. The highest BCUT2D eigenvalue weighted by Gasteiger charge is 2.27. The molecule has 1 aromatic heterocycles. The summed E-state index contributed by atoms with van der Waals surface area (Å²) < 4.78 is 55.9. The molecule has 4 nitrogen and oxygen atoms in total. The van der Waals surface area contributed by atoms with E-state index >= 15 is 0 Å². The molecule has 1 aliphatic heterocycles. The van der Waals surface area contributed by atoms with Gasteiger partial charge in [-0.15, -0.1) is 0 Å². The zero-order valence-electron chi connectivity index (χ0n) is 16.8. The van der Waals surface area contributed by atoms with Crippen molar-refractivity contribution in [3.05, 3.63) is 75.9 Å². The minimum atomic E-state index is -3.85. The fourth-order valence-electron chi connectivity index (χ4n) is 4.18. The summed E-state index contributed by atoms with van der Waals surface area (Å²) in [7, 11) is -3.85. The third-order valence-corrected chi connectivity index (χ3v) is 7.65. The largest absolute Gasteiger partial charge is 0.317 e. The van der Waals surface area contributed by atoms with E-state index in [0.717, 1.165) is 51.7 Å². The molecule has 8 heteroatoms. The second-order valence-corrected chi connectivity index (χ2v) is 10.5.